The number of hydrogen-bond donors (Lipinski definition) is 2. The molecule has 0 fully saturated rings. The van der Waals surface area contributed by atoms with E-state index >= 15 is 0 Å². The first-order valence-electron chi connectivity index (χ1n) is 7.19. The molecule has 0 spiro atoms. The van der Waals surface area contributed by atoms with Crippen LogP contribution >= 0.6 is 0 Å². The third kappa shape index (κ3) is 5.13. The number of rotatable bonds is 7. The average molecular weight is 312 g/mol. The zero-order valence-electron chi connectivity index (χ0n) is 13.0. The quantitative estimate of drug-likeness (QED) is 0.808. The molecule has 21 heavy (non-hydrogen) atoms. The van der Waals surface area contributed by atoms with E-state index in [9.17, 15) is 13.2 Å². The van der Waals surface area contributed by atoms with Crippen LogP contribution in [0.15, 0.2) is 29.2 Å². The maximum Gasteiger partial charge on any atom is 0.241 e. The molecule has 0 aliphatic carbocycles. The van der Waals surface area contributed by atoms with Gasteiger partial charge in [-0.2, -0.15) is 4.72 Å². The van der Waals surface area contributed by atoms with Gasteiger partial charge in [-0.15, -0.1) is 0 Å². The van der Waals surface area contributed by atoms with E-state index < -0.39 is 16.1 Å². The molecular formula is C15H24N2O3S. The molecule has 0 heterocycles. The summed E-state index contributed by atoms with van der Waals surface area (Å²) in [5, 5.41) is 2.80. The van der Waals surface area contributed by atoms with Crippen LogP contribution in [0.1, 0.15) is 39.2 Å². The normalized spacial score (nSPS) is 14.5. The minimum Gasteiger partial charge on any atom is -0.352 e. The Hall–Kier alpha value is -1.40. The van der Waals surface area contributed by atoms with Gasteiger partial charge in [-0.1, -0.05) is 31.5 Å². The smallest absolute Gasteiger partial charge is 0.241 e. The highest BCUT2D eigenvalue weighted by atomic mass is 32.2. The van der Waals surface area contributed by atoms with Crippen LogP contribution in [0, 0.1) is 6.92 Å². The highest BCUT2D eigenvalue weighted by Gasteiger charge is 2.24. The second kappa shape index (κ2) is 7.56. The highest BCUT2D eigenvalue weighted by Crippen LogP contribution is 2.11. The molecule has 6 heteroatoms. The summed E-state index contributed by atoms with van der Waals surface area (Å²) in [6.07, 6.45) is 1.19. The Morgan fingerprint density at radius 2 is 1.71 bits per heavy atom. The van der Waals surface area contributed by atoms with Crippen LogP contribution in [0.25, 0.3) is 0 Å². The topological polar surface area (TPSA) is 75.3 Å². The lowest BCUT2D eigenvalue weighted by molar-refractivity contribution is -0.123. The summed E-state index contributed by atoms with van der Waals surface area (Å²) in [6.45, 7) is 7.51. The van der Waals surface area contributed by atoms with Gasteiger partial charge in [-0.25, -0.2) is 8.42 Å². The molecule has 1 rings (SSSR count). The number of aryl methyl sites for hydroxylation is 1. The molecule has 0 saturated carbocycles. The molecule has 0 saturated heterocycles. The SMILES string of the molecule is CCC(C)NC(=O)C(CC)NS(=O)(=O)c1ccc(C)cc1. The molecule has 5 nitrogen and oxygen atoms in total. The summed E-state index contributed by atoms with van der Waals surface area (Å²) in [6, 6.07) is 5.80. The van der Waals surface area contributed by atoms with Crippen LogP contribution < -0.4 is 10.0 Å². The molecule has 0 bridgehead atoms. The van der Waals surface area contributed by atoms with Crippen LogP contribution in [0.2, 0.25) is 0 Å². The third-order valence-electron chi connectivity index (χ3n) is 3.35. The van der Waals surface area contributed by atoms with Crippen LogP contribution in [-0.2, 0) is 14.8 Å². The zero-order valence-corrected chi connectivity index (χ0v) is 13.8. The van der Waals surface area contributed by atoms with Gasteiger partial charge in [0, 0.05) is 6.04 Å². The summed E-state index contributed by atoms with van der Waals surface area (Å²) in [4.78, 5) is 12.2. The van der Waals surface area contributed by atoms with E-state index in [4.69, 9.17) is 0 Å². The van der Waals surface area contributed by atoms with Crippen molar-refractivity contribution in [3.63, 3.8) is 0 Å². The third-order valence-corrected chi connectivity index (χ3v) is 4.84. The molecule has 2 unspecified atom stereocenters. The van der Waals surface area contributed by atoms with E-state index in [2.05, 4.69) is 10.0 Å². The second-order valence-corrected chi connectivity index (χ2v) is 6.93. The van der Waals surface area contributed by atoms with Crippen LogP contribution in [0.4, 0.5) is 0 Å². The van der Waals surface area contributed by atoms with Crippen molar-refractivity contribution in [3.8, 4) is 0 Å². The van der Waals surface area contributed by atoms with Gasteiger partial charge < -0.3 is 5.32 Å². The van der Waals surface area contributed by atoms with Gasteiger partial charge in [0.05, 0.1) is 4.90 Å². The lowest BCUT2D eigenvalue weighted by atomic mass is 10.2. The van der Waals surface area contributed by atoms with Crippen molar-refractivity contribution in [1.82, 2.24) is 10.0 Å². The van der Waals surface area contributed by atoms with Gasteiger partial charge >= 0.3 is 0 Å². The Kier molecular flexibility index (Phi) is 6.36. The number of carbonyl (C=O) groups is 1. The molecular weight excluding hydrogens is 288 g/mol. The van der Waals surface area contributed by atoms with E-state index in [0.717, 1.165) is 12.0 Å². The first-order valence-corrected chi connectivity index (χ1v) is 8.67. The van der Waals surface area contributed by atoms with E-state index in [1.807, 2.05) is 20.8 Å². The van der Waals surface area contributed by atoms with E-state index in [-0.39, 0.29) is 16.8 Å². The van der Waals surface area contributed by atoms with Crippen molar-refractivity contribution in [2.24, 2.45) is 0 Å². The lowest BCUT2D eigenvalue weighted by Gasteiger charge is -2.19. The average Bonchev–Trinajstić information content (AvgIpc) is 2.44. The molecule has 0 aliphatic heterocycles. The van der Waals surface area contributed by atoms with Crippen molar-refractivity contribution in [3.05, 3.63) is 29.8 Å². The maximum absolute atomic E-state index is 12.3. The van der Waals surface area contributed by atoms with Gasteiger partial charge in [-0.3, -0.25) is 4.79 Å². The molecule has 1 amide bonds. The Balaban J connectivity index is 2.84. The summed E-state index contributed by atoms with van der Waals surface area (Å²) in [5.41, 5.74) is 0.982. The minimum absolute atomic E-state index is 0.0235. The molecule has 0 aromatic heterocycles. The molecule has 118 valence electrons. The Labute approximate surface area is 127 Å². The molecule has 2 N–H and O–H groups in total. The van der Waals surface area contributed by atoms with Gasteiger partial charge in [0.2, 0.25) is 15.9 Å². The monoisotopic (exact) mass is 312 g/mol. The fourth-order valence-corrected chi connectivity index (χ4v) is 3.02. The predicted molar refractivity (Wildman–Crippen MR) is 83.5 cm³/mol. The van der Waals surface area contributed by atoms with Crippen molar-refractivity contribution in [2.75, 3.05) is 0 Å². The van der Waals surface area contributed by atoms with Crippen LogP contribution in [0.5, 0.6) is 0 Å². The Morgan fingerprint density at radius 3 is 2.19 bits per heavy atom. The Morgan fingerprint density at radius 1 is 1.14 bits per heavy atom. The maximum atomic E-state index is 12.3. The summed E-state index contributed by atoms with van der Waals surface area (Å²) in [5.74, 6) is -0.289. The van der Waals surface area contributed by atoms with E-state index in [1.54, 1.807) is 19.1 Å². The number of nitrogens with one attached hydrogen (secondary N) is 2. The van der Waals surface area contributed by atoms with Crippen LogP contribution in [-0.4, -0.2) is 26.4 Å². The standard InChI is InChI=1S/C15H24N2O3S/c1-5-12(4)16-15(18)14(6-2)17-21(19,20)13-9-7-11(3)8-10-13/h7-10,12,14,17H,5-6H2,1-4H3,(H,16,18). The van der Waals surface area contributed by atoms with Gasteiger partial charge in [0.25, 0.3) is 0 Å². The number of amides is 1. The molecule has 0 radical (unpaired) electrons. The fourth-order valence-electron chi connectivity index (χ4n) is 1.74. The van der Waals surface area contributed by atoms with Gasteiger partial charge in [-0.05, 0) is 38.8 Å². The first-order chi connectivity index (χ1) is 9.80. The van der Waals surface area contributed by atoms with Crippen LogP contribution in [0.3, 0.4) is 0 Å². The zero-order chi connectivity index (χ0) is 16.0. The summed E-state index contributed by atoms with van der Waals surface area (Å²) in [7, 11) is -3.69. The number of sulfonamides is 1. The predicted octanol–water partition coefficient (Wildman–Crippen LogP) is 1.97. The molecule has 1 aromatic carbocycles. The fraction of sp³-hybridized carbons (Fsp3) is 0.533. The largest absolute Gasteiger partial charge is 0.352 e. The Bertz CT molecular complexity index is 567. The van der Waals surface area contributed by atoms with Crippen molar-refractivity contribution < 1.29 is 13.2 Å². The minimum atomic E-state index is -3.69. The molecule has 0 aliphatic rings. The second-order valence-electron chi connectivity index (χ2n) is 5.21. The van der Waals surface area contributed by atoms with Crippen molar-refractivity contribution in [2.45, 2.75) is 57.5 Å². The number of benzene rings is 1. The molecule has 2 atom stereocenters. The highest BCUT2D eigenvalue weighted by molar-refractivity contribution is 7.89. The number of hydrogen-bond acceptors (Lipinski definition) is 3. The summed E-state index contributed by atoms with van der Waals surface area (Å²) < 4.78 is 27.0. The van der Waals surface area contributed by atoms with E-state index in [1.165, 1.54) is 12.1 Å². The first kappa shape index (κ1) is 17.7. The summed E-state index contributed by atoms with van der Waals surface area (Å²) >= 11 is 0. The van der Waals surface area contributed by atoms with E-state index in [0.29, 0.717) is 6.42 Å². The molecule has 1 aromatic rings. The van der Waals surface area contributed by atoms with Gasteiger partial charge in [0.15, 0.2) is 0 Å². The lowest BCUT2D eigenvalue weighted by Crippen LogP contribution is -2.48. The van der Waals surface area contributed by atoms with Crippen molar-refractivity contribution >= 4 is 15.9 Å². The van der Waals surface area contributed by atoms with Gasteiger partial charge in [0.1, 0.15) is 6.04 Å². The van der Waals surface area contributed by atoms with Crippen molar-refractivity contribution in [1.29, 1.82) is 0 Å². The number of carbonyl (C=O) groups excluding carboxylic acids is 1.